The predicted octanol–water partition coefficient (Wildman–Crippen LogP) is 4.12. The van der Waals surface area contributed by atoms with Crippen molar-refractivity contribution >= 4 is 29.2 Å². The standard InChI is InChI=1S/C21H30N2O4/c1-3-4-5-16-6-8-17(9-7-16)21(26)27-14-20(25)23-19-12-10-18(11-13-19)22-15(2)24/h10-13,16-17H,3-9,14H2,1-2H3,(H,22,24)(H,23,25). The van der Waals surface area contributed by atoms with Crippen LogP contribution in [0.4, 0.5) is 11.4 Å². The van der Waals surface area contributed by atoms with Crippen LogP contribution in [0.5, 0.6) is 0 Å². The van der Waals surface area contributed by atoms with Gasteiger partial charge in [-0.2, -0.15) is 0 Å². The number of unbranched alkanes of at least 4 members (excludes halogenated alkanes) is 1. The summed E-state index contributed by atoms with van der Waals surface area (Å²) in [6, 6.07) is 6.76. The Bertz CT molecular complexity index is 634. The third-order valence-corrected chi connectivity index (χ3v) is 4.98. The van der Waals surface area contributed by atoms with E-state index in [4.69, 9.17) is 4.74 Å². The number of hydrogen-bond acceptors (Lipinski definition) is 4. The number of nitrogens with one attached hydrogen (secondary N) is 2. The van der Waals surface area contributed by atoms with Gasteiger partial charge < -0.3 is 15.4 Å². The molecule has 1 aliphatic carbocycles. The average Bonchev–Trinajstić information content (AvgIpc) is 2.66. The van der Waals surface area contributed by atoms with Crippen molar-refractivity contribution in [2.75, 3.05) is 17.2 Å². The van der Waals surface area contributed by atoms with E-state index in [0.29, 0.717) is 11.4 Å². The summed E-state index contributed by atoms with van der Waals surface area (Å²) in [4.78, 5) is 35.1. The van der Waals surface area contributed by atoms with Gasteiger partial charge in [0.25, 0.3) is 5.91 Å². The summed E-state index contributed by atoms with van der Waals surface area (Å²) >= 11 is 0. The van der Waals surface area contributed by atoms with Gasteiger partial charge in [-0.25, -0.2) is 0 Å². The second kappa shape index (κ2) is 10.7. The van der Waals surface area contributed by atoms with Crippen LogP contribution in [0.3, 0.4) is 0 Å². The summed E-state index contributed by atoms with van der Waals surface area (Å²) in [7, 11) is 0. The van der Waals surface area contributed by atoms with Crippen molar-refractivity contribution in [3.63, 3.8) is 0 Å². The number of amides is 2. The number of carbonyl (C=O) groups excluding carboxylic acids is 3. The normalized spacial score (nSPS) is 19.2. The van der Waals surface area contributed by atoms with Crippen molar-refractivity contribution in [1.82, 2.24) is 0 Å². The summed E-state index contributed by atoms with van der Waals surface area (Å²) in [5.74, 6) is -0.129. The van der Waals surface area contributed by atoms with Crippen molar-refractivity contribution in [2.24, 2.45) is 11.8 Å². The molecule has 6 nitrogen and oxygen atoms in total. The highest BCUT2D eigenvalue weighted by Gasteiger charge is 2.27. The van der Waals surface area contributed by atoms with Gasteiger partial charge in [0.15, 0.2) is 6.61 Å². The molecule has 6 heteroatoms. The number of anilines is 2. The fourth-order valence-corrected chi connectivity index (χ4v) is 3.47. The number of rotatable bonds is 8. The second-order valence-electron chi connectivity index (χ2n) is 7.27. The molecule has 0 aliphatic heterocycles. The molecule has 1 fully saturated rings. The summed E-state index contributed by atoms with van der Waals surface area (Å²) in [5, 5.41) is 5.34. The quantitative estimate of drug-likeness (QED) is 0.670. The van der Waals surface area contributed by atoms with Crippen LogP contribution in [-0.2, 0) is 19.1 Å². The number of benzene rings is 1. The first kappa shape index (κ1) is 20.9. The zero-order valence-corrected chi connectivity index (χ0v) is 16.3. The molecular formula is C21H30N2O4. The molecule has 1 saturated carbocycles. The monoisotopic (exact) mass is 374 g/mol. The van der Waals surface area contributed by atoms with Crippen LogP contribution in [-0.4, -0.2) is 24.4 Å². The summed E-state index contributed by atoms with van der Waals surface area (Å²) in [6.07, 6.45) is 7.60. The Morgan fingerprint density at radius 3 is 2.15 bits per heavy atom. The Hall–Kier alpha value is -2.37. The van der Waals surface area contributed by atoms with E-state index in [1.807, 2.05) is 0 Å². The molecule has 1 aromatic rings. The molecular weight excluding hydrogens is 344 g/mol. The van der Waals surface area contributed by atoms with E-state index < -0.39 is 0 Å². The first-order valence-electron chi connectivity index (χ1n) is 9.82. The second-order valence-corrected chi connectivity index (χ2v) is 7.27. The van der Waals surface area contributed by atoms with E-state index in [1.165, 1.54) is 26.2 Å². The van der Waals surface area contributed by atoms with E-state index >= 15 is 0 Å². The van der Waals surface area contributed by atoms with E-state index in [-0.39, 0.29) is 30.3 Å². The van der Waals surface area contributed by atoms with Crippen LogP contribution < -0.4 is 10.6 Å². The summed E-state index contributed by atoms with van der Waals surface area (Å²) in [5.41, 5.74) is 1.24. The van der Waals surface area contributed by atoms with Gasteiger partial charge in [0.2, 0.25) is 5.91 Å². The molecule has 0 aromatic heterocycles. The highest BCUT2D eigenvalue weighted by Crippen LogP contribution is 2.32. The van der Waals surface area contributed by atoms with Crippen LogP contribution in [0.25, 0.3) is 0 Å². The van der Waals surface area contributed by atoms with E-state index in [2.05, 4.69) is 17.6 Å². The van der Waals surface area contributed by atoms with E-state index in [9.17, 15) is 14.4 Å². The van der Waals surface area contributed by atoms with E-state index in [1.54, 1.807) is 24.3 Å². The molecule has 0 heterocycles. The molecule has 0 radical (unpaired) electrons. The molecule has 2 amide bonds. The Kier molecular flexibility index (Phi) is 8.30. The zero-order chi connectivity index (χ0) is 19.6. The van der Waals surface area contributed by atoms with Gasteiger partial charge in [0.1, 0.15) is 0 Å². The lowest BCUT2D eigenvalue weighted by Gasteiger charge is -2.27. The highest BCUT2D eigenvalue weighted by atomic mass is 16.5. The minimum Gasteiger partial charge on any atom is -0.455 e. The lowest BCUT2D eigenvalue weighted by Crippen LogP contribution is -2.27. The van der Waals surface area contributed by atoms with Crippen molar-refractivity contribution in [3.05, 3.63) is 24.3 Å². The molecule has 0 atom stereocenters. The van der Waals surface area contributed by atoms with Gasteiger partial charge in [0, 0.05) is 18.3 Å². The minimum atomic E-state index is -0.368. The number of esters is 1. The van der Waals surface area contributed by atoms with Gasteiger partial charge in [-0.15, -0.1) is 0 Å². The molecule has 1 aromatic carbocycles. The first-order valence-corrected chi connectivity index (χ1v) is 9.82. The molecule has 0 bridgehead atoms. The van der Waals surface area contributed by atoms with Crippen LogP contribution >= 0.6 is 0 Å². The Labute approximate surface area is 161 Å². The van der Waals surface area contributed by atoms with E-state index in [0.717, 1.165) is 31.6 Å². The van der Waals surface area contributed by atoms with Gasteiger partial charge >= 0.3 is 5.97 Å². The maximum atomic E-state index is 12.2. The first-order chi connectivity index (χ1) is 13.0. The minimum absolute atomic E-state index is 0.0763. The molecule has 0 spiro atoms. The molecule has 0 unspecified atom stereocenters. The van der Waals surface area contributed by atoms with Gasteiger partial charge in [0.05, 0.1) is 5.92 Å². The van der Waals surface area contributed by atoms with Crippen molar-refractivity contribution in [1.29, 1.82) is 0 Å². The fraction of sp³-hybridized carbons (Fsp3) is 0.571. The Morgan fingerprint density at radius 1 is 1.00 bits per heavy atom. The highest BCUT2D eigenvalue weighted by molar-refractivity contribution is 5.93. The maximum Gasteiger partial charge on any atom is 0.309 e. The fourth-order valence-electron chi connectivity index (χ4n) is 3.47. The zero-order valence-electron chi connectivity index (χ0n) is 16.3. The smallest absolute Gasteiger partial charge is 0.309 e. The topological polar surface area (TPSA) is 84.5 Å². The summed E-state index contributed by atoms with van der Waals surface area (Å²) < 4.78 is 5.20. The number of ether oxygens (including phenoxy) is 1. The predicted molar refractivity (Wildman–Crippen MR) is 105 cm³/mol. The maximum absolute atomic E-state index is 12.2. The summed E-state index contributed by atoms with van der Waals surface area (Å²) in [6.45, 7) is 3.36. The Balaban J connectivity index is 1.69. The van der Waals surface area contributed by atoms with Crippen LogP contribution in [0.15, 0.2) is 24.3 Å². The van der Waals surface area contributed by atoms with Gasteiger partial charge in [-0.1, -0.05) is 26.2 Å². The molecule has 2 rings (SSSR count). The van der Waals surface area contributed by atoms with Gasteiger partial charge in [-0.3, -0.25) is 14.4 Å². The SMILES string of the molecule is CCCCC1CCC(C(=O)OCC(=O)Nc2ccc(NC(C)=O)cc2)CC1. The van der Waals surface area contributed by atoms with Crippen LogP contribution in [0, 0.1) is 11.8 Å². The number of carbonyl (C=O) groups is 3. The lowest BCUT2D eigenvalue weighted by molar-refractivity contribution is -0.152. The van der Waals surface area contributed by atoms with Gasteiger partial charge in [-0.05, 0) is 55.9 Å². The Morgan fingerprint density at radius 2 is 1.59 bits per heavy atom. The molecule has 27 heavy (non-hydrogen) atoms. The molecule has 0 saturated heterocycles. The largest absolute Gasteiger partial charge is 0.455 e. The van der Waals surface area contributed by atoms with Crippen molar-refractivity contribution in [2.45, 2.75) is 58.8 Å². The van der Waals surface area contributed by atoms with Crippen molar-refractivity contribution < 1.29 is 19.1 Å². The third kappa shape index (κ3) is 7.41. The molecule has 1 aliphatic rings. The number of hydrogen-bond donors (Lipinski definition) is 2. The molecule has 148 valence electrons. The van der Waals surface area contributed by atoms with Crippen LogP contribution in [0.2, 0.25) is 0 Å². The molecule has 2 N–H and O–H groups in total. The average molecular weight is 374 g/mol. The lowest BCUT2D eigenvalue weighted by atomic mass is 9.80. The van der Waals surface area contributed by atoms with Crippen molar-refractivity contribution in [3.8, 4) is 0 Å². The third-order valence-electron chi connectivity index (χ3n) is 4.98. The van der Waals surface area contributed by atoms with Crippen LogP contribution in [0.1, 0.15) is 58.8 Å².